The summed E-state index contributed by atoms with van der Waals surface area (Å²) >= 11 is 0. The quantitative estimate of drug-likeness (QED) is 0.531. The number of nitrogens with one attached hydrogen (secondary N) is 2. The lowest BCUT2D eigenvalue weighted by molar-refractivity contribution is -0.132. The molecule has 2 aliphatic heterocycles. The van der Waals surface area contributed by atoms with Crippen LogP contribution in [0.25, 0.3) is 22.3 Å². The van der Waals surface area contributed by atoms with Crippen LogP contribution in [0.5, 0.6) is 0 Å². The van der Waals surface area contributed by atoms with E-state index in [1.807, 2.05) is 18.2 Å². The average molecular weight is 500 g/mol. The molecule has 1 aromatic carbocycles. The summed E-state index contributed by atoms with van der Waals surface area (Å²) < 4.78 is 18.4. The fourth-order valence-corrected chi connectivity index (χ4v) is 4.35. The van der Waals surface area contributed by atoms with Crippen LogP contribution in [0.4, 0.5) is 15.9 Å². The summed E-state index contributed by atoms with van der Waals surface area (Å²) in [5, 5.41) is 6.74. The molecule has 0 bridgehead atoms. The Bertz CT molecular complexity index is 1140. The maximum Gasteiger partial charge on any atom is 0.254 e. The monoisotopic (exact) mass is 499 g/mol. The summed E-state index contributed by atoms with van der Waals surface area (Å²) in [6, 6.07) is 10.1. The van der Waals surface area contributed by atoms with Crippen molar-refractivity contribution in [1.29, 1.82) is 0 Å². The Hall–Kier alpha value is -3.02. The smallest absolute Gasteiger partial charge is 0.254 e. The number of anilines is 2. The lowest BCUT2D eigenvalue weighted by atomic mass is 10.1. The van der Waals surface area contributed by atoms with Gasteiger partial charge in [-0.3, -0.25) is 9.78 Å². The van der Waals surface area contributed by atoms with E-state index in [4.69, 9.17) is 9.72 Å². The molecule has 2 fully saturated rings. The van der Waals surface area contributed by atoms with E-state index in [9.17, 15) is 9.18 Å². The van der Waals surface area contributed by atoms with Crippen LogP contribution >= 0.6 is 13.5 Å². The number of hydrogen-bond donors (Lipinski definition) is 2. The molecule has 11 heteroatoms. The van der Waals surface area contributed by atoms with Crippen LogP contribution in [0.3, 0.4) is 0 Å². The second kappa shape index (κ2) is 11.6. The minimum atomic E-state index is -0.931. The summed E-state index contributed by atoms with van der Waals surface area (Å²) in [6.45, 7) is 4.50. The molecule has 2 N–H and O–H groups in total. The average Bonchev–Trinajstić information content (AvgIpc) is 2.92. The van der Waals surface area contributed by atoms with E-state index in [0.717, 1.165) is 41.1 Å². The Labute approximate surface area is 210 Å². The first kappa shape index (κ1) is 25.1. The molecule has 0 unspecified atom stereocenters. The van der Waals surface area contributed by atoms with Gasteiger partial charge in [0.15, 0.2) is 12.5 Å². The van der Waals surface area contributed by atoms with Crippen molar-refractivity contribution in [1.82, 2.24) is 25.2 Å². The molecule has 1 amide bonds. The van der Waals surface area contributed by atoms with Crippen molar-refractivity contribution >= 4 is 41.9 Å². The van der Waals surface area contributed by atoms with Crippen LogP contribution < -0.4 is 15.5 Å². The molecule has 35 heavy (non-hydrogen) atoms. The summed E-state index contributed by atoms with van der Waals surface area (Å²) in [5.74, 6) is 0.253. The van der Waals surface area contributed by atoms with E-state index in [1.165, 1.54) is 0 Å². The van der Waals surface area contributed by atoms with Gasteiger partial charge in [0.25, 0.3) is 5.91 Å². The molecule has 9 nitrogen and oxygen atoms in total. The van der Waals surface area contributed by atoms with Gasteiger partial charge in [-0.2, -0.15) is 13.5 Å². The Balaban J connectivity index is 0.00000289. The third-order valence-corrected chi connectivity index (χ3v) is 6.23. The lowest BCUT2D eigenvalue weighted by Crippen LogP contribution is -2.49. The van der Waals surface area contributed by atoms with Gasteiger partial charge in [0.05, 0.1) is 23.9 Å². The summed E-state index contributed by atoms with van der Waals surface area (Å²) in [5.41, 5.74) is 4.35. The molecule has 4 heterocycles. The first-order valence-corrected chi connectivity index (χ1v) is 11.6. The van der Waals surface area contributed by atoms with Crippen molar-refractivity contribution in [2.75, 3.05) is 69.3 Å². The third-order valence-electron chi connectivity index (χ3n) is 6.23. The Morgan fingerprint density at radius 1 is 1.14 bits per heavy atom. The molecule has 0 radical (unpaired) electrons. The number of carbonyl (C=O) groups excluding carboxylic acids is 1. The van der Waals surface area contributed by atoms with Gasteiger partial charge in [0, 0.05) is 69.5 Å². The number of pyridine rings is 1. The van der Waals surface area contributed by atoms with E-state index in [0.29, 0.717) is 45.1 Å². The zero-order valence-corrected chi connectivity index (χ0v) is 20.4. The van der Waals surface area contributed by atoms with Gasteiger partial charge in [0.2, 0.25) is 0 Å². The Morgan fingerprint density at radius 3 is 2.63 bits per heavy atom. The zero-order valence-electron chi connectivity index (χ0n) is 19.4. The fraction of sp³-hybridized carbons (Fsp3) is 0.417. The maximum absolute atomic E-state index is 12.6. The number of hydrogen-bond acceptors (Lipinski definition) is 8. The van der Waals surface area contributed by atoms with Crippen LogP contribution in [0.15, 0.2) is 42.7 Å². The molecular weight excluding hydrogens is 469 g/mol. The van der Waals surface area contributed by atoms with E-state index in [1.54, 1.807) is 17.3 Å². The first-order chi connectivity index (χ1) is 16.7. The number of carbonyl (C=O) groups is 1. The highest BCUT2D eigenvalue weighted by atomic mass is 32.1. The molecule has 1 atom stereocenters. The summed E-state index contributed by atoms with van der Waals surface area (Å²) in [7, 11) is 0. The lowest BCUT2D eigenvalue weighted by Gasteiger charge is -2.35. The number of alkyl halides is 1. The van der Waals surface area contributed by atoms with E-state index >= 15 is 0 Å². The molecule has 5 rings (SSSR count). The highest BCUT2D eigenvalue weighted by Gasteiger charge is 2.21. The third kappa shape index (κ3) is 5.80. The second-order valence-corrected chi connectivity index (χ2v) is 8.41. The molecule has 0 spiro atoms. The van der Waals surface area contributed by atoms with Gasteiger partial charge >= 0.3 is 0 Å². The minimum absolute atomic E-state index is 0. The summed E-state index contributed by atoms with van der Waals surface area (Å²) in [6.07, 6.45) is 3.43. The van der Waals surface area contributed by atoms with Gasteiger partial charge < -0.3 is 25.2 Å². The molecular formula is C24H30FN7O2S. The number of ether oxygens (including phenoxy) is 1. The van der Waals surface area contributed by atoms with E-state index < -0.39 is 12.6 Å². The largest absolute Gasteiger partial charge is 0.374 e. The topological polar surface area (TPSA) is 95.5 Å². The van der Waals surface area contributed by atoms with Crippen molar-refractivity contribution in [3.05, 3.63) is 42.7 Å². The highest BCUT2D eigenvalue weighted by Crippen LogP contribution is 2.27. The molecule has 2 saturated heterocycles. The first-order valence-electron chi connectivity index (χ1n) is 11.6. The predicted octanol–water partition coefficient (Wildman–Crippen LogP) is 1.82. The van der Waals surface area contributed by atoms with Crippen molar-refractivity contribution in [3.63, 3.8) is 0 Å². The van der Waals surface area contributed by atoms with Crippen molar-refractivity contribution in [3.8, 4) is 11.3 Å². The highest BCUT2D eigenvalue weighted by molar-refractivity contribution is 7.59. The number of fused-ring (bicyclic) bond motifs is 1. The number of benzene rings is 1. The van der Waals surface area contributed by atoms with Gasteiger partial charge in [-0.05, 0) is 18.2 Å². The zero-order chi connectivity index (χ0) is 23.3. The van der Waals surface area contributed by atoms with Crippen LogP contribution in [0.1, 0.15) is 0 Å². The second-order valence-electron chi connectivity index (χ2n) is 8.41. The van der Waals surface area contributed by atoms with Crippen LogP contribution in [0.2, 0.25) is 0 Å². The number of nitrogens with zero attached hydrogens (tertiary/aromatic N) is 5. The summed E-state index contributed by atoms with van der Waals surface area (Å²) in [4.78, 5) is 29.2. The number of aromatic nitrogens is 3. The molecule has 0 saturated carbocycles. The van der Waals surface area contributed by atoms with E-state index in [2.05, 4.69) is 37.6 Å². The standard InChI is InChI=1S/C24H28FN7O2.H2S/c25-14-22(33)32-10-8-31(9-11-32)18-3-1-17(2-4-18)20-13-21-23(28-6-5-27-21)24(30-20)29-16-19-15-26-7-12-34-19;/h1-6,13,19,26H,7-12,14-16H2,(H,29,30);1H2/t19-;/m0./s1. The maximum atomic E-state index is 12.6. The SMILES string of the molecule is O=C(CF)N1CCN(c2ccc(-c3cc4nccnc4c(NC[C@@H]4CNCCO4)n3)cc2)CC1.S. The van der Waals surface area contributed by atoms with Crippen LogP contribution in [-0.4, -0.2) is 91.0 Å². The van der Waals surface area contributed by atoms with E-state index in [-0.39, 0.29) is 19.6 Å². The molecule has 0 aliphatic carbocycles. The number of morpholine rings is 1. The predicted molar refractivity (Wildman–Crippen MR) is 139 cm³/mol. The molecule has 2 aliphatic rings. The van der Waals surface area contributed by atoms with Crippen molar-refractivity contribution in [2.45, 2.75) is 6.10 Å². The van der Waals surface area contributed by atoms with Gasteiger partial charge in [-0.25, -0.2) is 14.4 Å². The van der Waals surface area contributed by atoms with Crippen molar-refractivity contribution in [2.24, 2.45) is 0 Å². The normalized spacial score (nSPS) is 18.3. The molecule has 3 aromatic rings. The minimum Gasteiger partial charge on any atom is -0.374 e. The Kier molecular flexibility index (Phi) is 8.32. The van der Waals surface area contributed by atoms with Gasteiger partial charge in [-0.15, -0.1) is 0 Å². The Morgan fingerprint density at radius 2 is 1.91 bits per heavy atom. The number of halogens is 1. The molecule has 186 valence electrons. The molecule has 2 aromatic heterocycles. The van der Waals surface area contributed by atoms with Gasteiger partial charge in [0.1, 0.15) is 5.52 Å². The van der Waals surface area contributed by atoms with Gasteiger partial charge in [-0.1, -0.05) is 12.1 Å². The van der Waals surface area contributed by atoms with Crippen LogP contribution in [-0.2, 0) is 9.53 Å². The number of rotatable bonds is 6. The van der Waals surface area contributed by atoms with Crippen LogP contribution in [0, 0.1) is 0 Å². The van der Waals surface area contributed by atoms with Crippen molar-refractivity contribution < 1.29 is 13.9 Å². The number of amides is 1. The number of piperazine rings is 1. The fourth-order valence-electron chi connectivity index (χ4n) is 4.35.